The van der Waals surface area contributed by atoms with E-state index in [0.717, 1.165) is 12.4 Å². The Balaban J connectivity index is 2.23. The summed E-state index contributed by atoms with van der Waals surface area (Å²) >= 11 is 0. The van der Waals surface area contributed by atoms with Gasteiger partial charge in [-0.15, -0.1) is 5.10 Å². The standard InChI is InChI=1S/C17H25N5/c1-13(2)22(12-14-9-7-6-8-10-14)15-11-18-21-16(19-15)20-17(3,4)5/h6-11,13H,12H2,1-5H3,(H,19,20,21). The molecule has 1 aromatic carbocycles. The van der Waals surface area contributed by atoms with Crippen molar-refractivity contribution >= 4 is 11.8 Å². The molecule has 5 nitrogen and oxygen atoms in total. The summed E-state index contributed by atoms with van der Waals surface area (Å²) in [6, 6.07) is 10.7. The van der Waals surface area contributed by atoms with Gasteiger partial charge in [-0.25, -0.2) is 0 Å². The van der Waals surface area contributed by atoms with Crippen LogP contribution in [0.2, 0.25) is 0 Å². The van der Waals surface area contributed by atoms with Crippen molar-refractivity contribution < 1.29 is 0 Å². The molecule has 0 fully saturated rings. The van der Waals surface area contributed by atoms with Crippen molar-refractivity contribution in [1.82, 2.24) is 15.2 Å². The van der Waals surface area contributed by atoms with Crippen LogP contribution >= 0.6 is 0 Å². The fourth-order valence-electron chi connectivity index (χ4n) is 2.13. The van der Waals surface area contributed by atoms with Crippen LogP contribution in [-0.2, 0) is 6.54 Å². The summed E-state index contributed by atoms with van der Waals surface area (Å²) in [5, 5.41) is 11.4. The van der Waals surface area contributed by atoms with Crippen molar-refractivity contribution in [3.05, 3.63) is 42.1 Å². The molecule has 0 saturated carbocycles. The molecule has 0 amide bonds. The van der Waals surface area contributed by atoms with E-state index in [1.165, 1.54) is 5.56 Å². The SMILES string of the molecule is CC(C)N(Cc1ccccc1)c1cnnc(NC(C)(C)C)n1. The summed E-state index contributed by atoms with van der Waals surface area (Å²) in [5.41, 5.74) is 1.16. The first-order valence-corrected chi connectivity index (χ1v) is 7.63. The number of anilines is 2. The van der Waals surface area contributed by atoms with Gasteiger partial charge in [-0.1, -0.05) is 30.3 Å². The summed E-state index contributed by atoms with van der Waals surface area (Å²) in [5.74, 6) is 1.39. The monoisotopic (exact) mass is 299 g/mol. The normalized spacial score (nSPS) is 11.5. The maximum atomic E-state index is 4.62. The Labute approximate surface area is 132 Å². The van der Waals surface area contributed by atoms with Gasteiger partial charge < -0.3 is 10.2 Å². The van der Waals surface area contributed by atoms with Crippen LogP contribution in [0.5, 0.6) is 0 Å². The molecule has 0 aliphatic heterocycles. The van der Waals surface area contributed by atoms with Crippen LogP contribution in [0.4, 0.5) is 11.8 Å². The molecule has 5 heteroatoms. The van der Waals surface area contributed by atoms with Crippen molar-refractivity contribution in [1.29, 1.82) is 0 Å². The Morgan fingerprint density at radius 3 is 2.41 bits per heavy atom. The van der Waals surface area contributed by atoms with Gasteiger partial charge in [0.25, 0.3) is 0 Å². The number of benzene rings is 1. The van der Waals surface area contributed by atoms with Crippen molar-refractivity contribution in [2.24, 2.45) is 0 Å². The van der Waals surface area contributed by atoms with E-state index < -0.39 is 0 Å². The predicted molar refractivity (Wildman–Crippen MR) is 91.0 cm³/mol. The lowest BCUT2D eigenvalue weighted by Crippen LogP contribution is -2.32. The van der Waals surface area contributed by atoms with Gasteiger partial charge in [0.2, 0.25) is 5.95 Å². The average Bonchev–Trinajstić information content (AvgIpc) is 2.44. The molecule has 0 radical (unpaired) electrons. The Bertz CT molecular complexity index is 589. The Hall–Kier alpha value is -2.17. The predicted octanol–water partition coefficient (Wildman–Crippen LogP) is 3.50. The lowest BCUT2D eigenvalue weighted by molar-refractivity contribution is 0.619. The number of rotatable bonds is 5. The minimum atomic E-state index is -0.0948. The molecule has 0 aliphatic carbocycles. The summed E-state index contributed by atoms with van der Waals surface area (Å²) < 4.78 is 0. The molecule has 1 aromatic heterocycles. The second-order valence-electron chi connectivity index (χ2n) is 6.72. The molecule has 1 heterocycles. The zero-order chi connectivity index (χ0) is 16.2. The molecule has 0 atom stereocenters. The topological polar surface area (TPSA) is 53.9 Å². The average molecular weight is 299 g/mol. The molecular formula is C17H25N5. The molecule has 118 valence electrons. The van der Waals surface area contributed by atoms with Crippen molar-refractivity contribution in [2.75, 3.05) is 10.2 Å². The van der Waals surface area contributed by atoms with E-state index in [1.807, 2.05) is 6.07 Å². The zero-order valence-corrected chi connectivity index (χ0v) is 14.0. The second-order valence-corrected chi connectivity index (χ2v) is 6.72. The van der Waals surface area contributed by atoms with Crippen LogP contribution in [0.1, 0.15) is 40.2 Å². The van der Waals surface area contributed by atoms with E-state index in [2.05, 4.69) is 84.3 Å². The minimum Gasteiger partial charge on any atom is -0.348 e. The molecule has 1 N–H and O–H groups in total. The lowest BCUT2D eigenvalue weighted by Gasteiger charge is -2.28. The fourth-order valence-corrected chi connectivity index (χ4v) is 2.13. The summed E-state index contributed by atoms with van der Waals surface area (Å²) in [6.45, 7) is 11.3. The van der Waals surface area contributed by atoms with Crippen molar-refractivity contribution in [3.63, 3.8) is 0 Å². The molecule has 0 aliphatic rings. The first-order chi connectivity index (χ1) is 10.3. The van der Waals surface area contributed by atoms with Gasteiger partial charge in [0.05, 0.1) is 6.20 Å². The van der Waals surface area contributed by atoms with Crippen LogP contribution in [-0.4, -0.2) is 26.8 Å². The number of aromatic nitrogens is 3. The molecule has 0 bridgehead atoms. The highest BCUT2D eigenvalue weighted by molar-refractivity contribution is 5.42. The Kier molecular flexibility index (Phi) is 4.96. The number of hydrogen-bond donors (Lipinski definition) is 1. The first kappa shape index (κ1) is 16.2. The number of nitrogens with zero attached hydrogens (tertiary/aromatic N) is 4. The largest absolute Gasteiger partial charge is 0.348 e. The molecule has 22 heavy (non-hydrogen) atoms. The highest BCUT2D eigenvalue weighted by Crippen LogP contribution is 2.19. The zero-order valence-electron chi connectivity index (χ0n) is 14.0. The van der Waals surface area contributed by atoms with E-state index in [1.54, 1.807) is 6.20 Å². The highest BCUT2D eigenvalue weighted by atomic mass is 15.3. The van der Waals surface area contributed by atoms with E-state index >= 15 is 0 Å². The van der Waals surface area contributed by atoms with Gasteiger partial charge in [-0.05, 0) is 40.2 Å². The van der Waals surface area contributed by atoms with Gasteiger partial charge in [0.15, 0.2) is 5.82 Å². The van der Waals surface area contributed by atoms with Gasteiger partial charge in [-0.3, -0.25) is 0 Å². The third-order valence-electron chi connectivity index (χ3n) is 3.15. The second kappa shape index (κ2) is 6.73. The van der Waals surface area contributed by atoms with E-state index in [0.29, 0.717) is 12.0 Å². The van der Waals surface area contributed by atoms with Gasteiger partial charge in [0, 0.05) is 18.1 Å². The molecule has 0 spiro atoms. The van der Waals surface area contributed by atoms with Crippen LogP contribution in [0.25, 0.3) is 0 Å². The van der Waals surface area contributed by atoms with Gasteiger partial charge in [-0.2, -0.15) is 10.1 Å². The van der Waals surface area contributed by atoms with E-state index in [4.69, 9.17) is 0 Å². The highest BCUT2D eigenvalue weighted by Gasteiger charge is 2.16. The van der Waals surface area contributed by atoms with Crippen LogP contribution in [0, 0.1) is 0 Å². The Morgan fingerprint density at radius 2 is 1.82 bits per heavy atom. The van der Waals surface area contributed by atoms with Crippen LogP contribution in [0.3, 0.4) is 0 Å². The van der Waals surface area contributed by atoms with E-state index in [9.17, 15) is 0 Å². The fraction of sp³-hybridized carbons (Fsp3) is 0.471. The maximum absolute atomic E-state index is 4.62. The van der Waals surface area contributed by atoms with Crippen molar-refractivity contribution in [2.45, 2.75) is 52.7 Å². The lowest BCUT2D eigenvalue weighted by atomic mass is 10.1. The maximum Gasteiger partial charge on any atom is 0.245 e. The molecule has 0 saturated heterocycles. The quantitative estimate of drug-likeness (QED) is 0.916. The number of hydrogen-bond acceptors (Lipinski definition) is 5. The van der Waals surface area contributed by atoms with Gasteiger partial charge >= 0.3 is 0 Å². The third-order valence-corrected chi connectivity index (χ3v) is 3.15. The number of nitrogens with one attached hydrogen (secondary N) is 1. The molecular weight excluding hydrogens is 274 g/mol. The van der Waals surface area contributed by atoms with Gasteiger partial charge in [0.1, 0.15) is 0 Å². The van der Waals surface area contributed by atoms with Crippen molar-refractivity contribution in [3.8, 4) is 0 Å². The molecule has 2 aromatic rings. The Morgan fingerprint density at radius 1 is 1.14 bits per heavy atom. The van der Waals surface area contributed by atoms with Crippen LogP contribution in [0.15, 0.2) is 36.5 Å². The summed E-state index contributed by atoms with van der Waals surface area (Å²) in [7, 11) is 0. The third kappa shape index (κ3) is 4.69. The van der Waals surface area contributed by atoms with E-state index in [-0.39, 0.29) is 5.54 Å². The first-order valence-electron chi connectivity index (χ1n) is 7.63. The molecule has 2 rings (SSSR count). The molecule has 0 unspecified atom stereocenters. The summed E-state index contributed by atoms with van der Waals surface area (Å²) in [4.78, 5) is 6.84. The summed E-state index contributed by atoms with van der Waals surface area (Å²) in [6.07, 6.45) is 1.72. The van der Waals surface area contributed by atoms with Crippen LogP contribution < -0.4 is 10.2 Å². The minimum absolute atomic E-state index is 0.0948. The smallest absolute Gasteiger partial charge is 0.245 e.